The average molecular weight is 284 g/mol. The molecule has 1 amide bonds. The first kappa shape index (κ1) is 15.7. The molecule has 5 nitrogen and oxygen atoms in total. The van der Waals surface area contributed by atoms with Gasteiger partial charge in [0.25, 0.3) is 0 Å². The Hall–Kier alpha value is -0.650. The molecule has 2 aliphatic rings. The standard InChI is InChI=1S/C15H28N2O3/c1-2-8-16-13-10-20-9-12(13)14(18)17-11-15(19)6-4-3-5-7-15/h12-13,16,19H,2-11H2,1H3,(H,17,18). The molecule has 0 aromatic carbocycles. The molecule has 1 saturated heterocycles. The van der Waals surface area contributed by atoms with Crippen molar-refractivity contribution in [3.8, 4) is 0 Å². The van der Waals surface area contributed by atoms with E-state index in [-0.39, 0.29) is 17.9 Å². The fourth-order valence-electron chi connectivity index (χ4n) is 3.11. The number of carbonyl (C=O) groups excluding carboxylic acids is 1. The van der Waals surface area contributed by atoms with Gasteiger partial charge in [-0.25, -0.2) is 0 Å². The zero-order valence-electron chi connectivity index (χ0n) is 12.5. The van der Waals surface area contributed by atoms with E-state index in [1.807, 2.05) is 0 Å². The molecule has 2 atom stereocenters. The van der Waals surface area contributed by atoms with Gasteiger partial charge in [-0.3, -0.25) is 4.79 Å². The summed E-state index contributed by atoms with van der Waals surface area (Å²) < 4.78 is 5.42. The molecule has 0 aromatic heterocycles. The second-order valence-corrected chi connectivity index (χ2v) is 6.21. The highest BCUT2D eigenvalue weighted by atomic mass is 16.5. The van der Waals surface area contributed by atoms with Crippen LogP contribution in [0.4, 0.5) is 0 Å². The fourth-order valence-corrected chi connectivity index (χ4v) is 3.11. The highest BCUT2D eigenvalue weighted by Crippen LogP contribution is 2.27. The first-order valence-corrected chi connectivity index (χ1v) is 7.96. The van der Waals surface area contributed by atoms with Gasteiger partial charge in [0.2, 0.25) is 5.91 Å². The summed E-state index contributed by atoms with van der Waals surface area (Å²) in [7, 11) is 0. The maximum atomic E-state index is 12.3. The molecule has 2 fully saturated rings. The third kappa shape index (κ3) is 4.17. The molecular weight excluding hydrogens is 256 g/mol. The molecule has 0 bridgehead atoms. The first-order chi connectivity index (χ1) is 9.64. The Balaban J connectivity index is 1.78. The van der Waals surface area contributed by atoms with Crippen molar-refractivity contribution in [3.05, 3.63) is 0 Å². The molecule has 2 rings (SSSR count). The van der Waals surface area contributed by atoms with E-state index in [1.54, 1.807) is 0 Å². The number of carbonyl (C=O) groups is 1. The lowest BCUT2D eigenvalue weighted by atomic mass is 9.85. The van der Waals surface area contributed by atoms with Crippen molar-refractivity contribution in [1.29, 1.82) is 0 Å². The Labute approximate surface area is 121 Å². The molecule has 5 heteroatoms. The number of nitrogens with one attached hydrogen (secondary N) is 2. The zero-order valence-corrected chi connectivity index (χ0v) is 12.5. The SMILES string of the molecule is CCCNC1COCC1C(=O)NCC1(O)CCCCC1. The Bertz CT molecular complexity index is 316. The second kappa shape index (κ2) is 7.38. The van der Waals surface area contributed by atoms with Crippen molar-refractivity contribution >= 4 is 5.91 Å². The van der Waals surface area contributed by atoms with E-state index < -0.39 is 5.60 Å². The number of rotatable bonds is 6. The molecule has 1 heterocycles. The van der Waals surface area contributed by atoms with Crippen LogP contribution in [0.15, 0.2) is 0 Å². The minimum Gasteiger partial charge on any atom is -0.388 e. The van der Waals surface area contributed by atoms with E-state index in [2.05, 4.69) is 17.6 Å². The van der Waals surface area contributed by atoms with Gasteiger partial charge in [-0.05, 0) is 25.8 Å². The predicted molar refractivity (Wildman–Crippen MR) is 77.4 cm³/mol. The fraction of sp³-hybridized carbons (Fsp3) is 0.933. The Morgan fingerprint density at radius 1 is 1.30 bits per heavy atom. The van der Waals surface area contributed by atoms with E-state index in [1.165, 1.54) is 6.42 Å². The van der Waals surface area contributed by atoms with Crippen molar-refractivity contribution < 1.29 is 14.6 Å². The van der Waals surface area contributed by atoms with Gasteiger partial charge in [0.05, 0.1) is 24.7 Å². The van der Waals surface area contributed by atoms with Crippen LogP contribution < -0.4 is 10.6 Å². The summed E-state index contributed by atoms with van der Waals surface area (Å²) in [6, 6.07) is 0.107. The number of hydrogen-bond donors (Lipinski definition) is 3. The Kier molecular flexibility index (Phi) is 5.81. The van der Waals surface area contributed by atoms with E-state index >= 15 is 0 Å². The predicted octanol–water partition coefficient (Wildman–Crippen LogP) is 0.812. The van der Waals surface area contributed by atoms with Crippen molar-refractivity contribution in [3.63, 3.8) is 0 Å². The number of amides is 1. The minimum atomic E-state index is -0.695. The quantitative estimate of drug-likeness (QED) is 0.675. The van der Waals surface area contributed by atoms with Crippen molar-refractivity contribution in [1.82, 2.24) is 10.6 Å². The van der Waals surface area contributed by atoms with Crippen LogP contribution in [0, 0.1) is 5.92 Å². The van der Waals surface area contributed by atoms with Gasteiger partial charge in [-0.2, -0.15) is 0 Å². The largest absolute Gasteiger partial charge is 0.388 e. The van der Waals surface area contributed by atoms with Crippen LogP contribution in [-0.2, 0) is 9.53 Å². The lowest BCUT2D eigenvalue weighted by molar-refractivity contribution is -0.127. The molecule has 1 aliphatic carbocycles. The van der Waals surface area contributed by atoms with Gasteiger partial charge in [0.15, 0.2) is 0 Å². The van der Waals surface area contributed by atoms with Gasteiger partial charge in [-0.1, -0.05) is 26.2 Å². The smallest absolute Gasteiger partial charge is 0.227 e. The molecule has 20 heavy (non-hydrogen) atoms. The van der Waals surface area contributed by atoms with E-state index in [4.69, 9.17) is 4.74 Å². The summed E-state index contributed by atoms with van der Waals surface area (Å²) in [5, 5.41) is 16.7. The van der Waals surface area contributed by atoms with Gasteiger partial charge >= 0.3 is 0 Å². The molecular formula is C15H28N2O3. The van der Waals surface area contributed by atoms with E-state index in [0.29, 0.717) is 19.8 Å². The van der Waals surface area contributed by atoms with Crippen LogP contribution in [0.3, 0.4) is 0 Å². The van der Waals surface area contributed by atoms with Crippen LogP contribution in [-0.4, -0.2) is 49.0 Å². The molecule has 1 saturated carbocycles. The lowest BCUT2D eigenvalue weighted by Crippen LogP contribution is -2.49. The third-order valence-electron chi connectivity index (χ3n) is 4.45. The van der Waals surface area contributed by atoms with Crippen molar-refractivity contribution in [2.75, 3.05) is 26.3 Å². The van der Waals surface area contributed by atoms with Gasteiger partial charge in [-0.15, -0.1) is 0 Å². The highest BCUT2D eigenvalue weighted by Gasteiger charge is 2.35. The molecule has 0 radical (unpaired) electrons. The van der Waals surface area contributed by atoms with Crippen LogP contribution in [0.25, 0.3) is 0 Å². The van der Waals surface area contributed by atoms with Crippen LogP contribution >= 0.6 is 0 Å². The van der Waals surface area contributed by atoms with Gasteiger partial charge < -0.3 is 20.5 Å². The molecule has 2 unspecified atom stereocenters. The molecule has 0 aromatic rings. The summed E-state index contributed by atoms with van der Waals surface area (Å²) in [6.45, 7) is 4.47. The van der Waals surface area contributed by atoms with Crippen LogP contribution in [0.5, 0.6) is 0 Å². The normalized spacial score (nSPS) is 29.3. The van der Waals surface area contributed by atoms with E-state index in [9.17, 15) is 9.90 Å². The molecule has 3 N–H and O–H groups in total. The summed E-state index contributed by atoms with van der Waals surface area (Å²) in [5.41, 5.74) is -0.695. The summed E-state index contributed by atoms with van der Waals surface area (Å²) in [4.78, 5) is 12.3. The topological polar surface area (TPSA) is 70.6 Å². The summed E-state index contributed by atoms with van der Waals surface area (Å²) in [5.74, 6) is -0.121. The zero-order chi connectivity index (χ0) is 14.4. The lowest BCUT2D eigenvalue weighted by Gasteiger charge is -2.32. The van der Waals surface area contributed by atoms with Crippen LogP contribution in [0.2, 0.25) is 0 Å². The number of aliphatic hydroxyl groups is 1. The maximum Gasteiger partial charge on any atom is 0.227 e. The summed E-state index contributed by atoms with van der Waals surface area (Å²) in [6.07, 6.45) is 5.94. The number of hydrogen-bond acceptors (Lipinski definition) is 4. The van der Waals surface area contributed by atoms with E-state index in [0.717, 1.165) is 38.6 Å². The van der Waals surface area contributed by atoms with Gasteiger partial charge in [0.1, 0.15) is 0 Å². The molecule has 0 spiro atoms. The second-order valence-electron chi connectivity index (χ2n) is 6.21. The summed E-state index contributed by atoms with van der Waals surface area (Å²) >= 11 is 0. The third-order valence-corrected chi connectivity index (χ3v) is 4.45. The van der Waals surface area contributed by atoms with Gasteiger partial charge in [0, 0.05) is 12.6 Å². The first-order valence-electron chi connectivity index (χ1n) is 7.96. The Morgan fingerprint density at radius 3 is 2.75 bits per heavy atom. The van der Waals surface area contributed by atoms with Crippen molar-refractivity contribution in [2.24, 2.45) is 5.92 Å². The number of ether oxygens (including phenoxy) is 1. The average Bonchev–Trinajstić information content (AvgIpc) is 2.92. The highest BCUT2D eigenvalue weighted by molar-refractivity contribution is 5.80. The van der Waals surface area contributed by atoms with Crippen LogP contribution in [0.1, 0.15) is 45.4 Å². The Morgan fingerprint density at radius 2 is 2.05 bits per heavy atom. The maximum absolute atomic E-state index is 12.3. The monoisotopic (exact) mass is 284 g/mol. The molecule has 1 aliphatic heterocycles. The molecule has 116 valence electrons. The van der Waals surface area contributed by atoms with Crippen molar-refractivity contribution in [2.45, 2.75) is 57.1 Å². The minimum absolute atomic E-state index is 0.00935.